The normalized spacial score (nSPS) is 25.2. The van der Waals surface area contributed by atoms with Gasteiger partial charge < -0.3 is 19.1 Å². The molecule has 1 heterocycles. The lowest BCUT2D eigenvalue weighted by Crippen LogP contribution is -3.15. The zero-order valence-corrected chi connectivity index (χ0v) is 14.6. The molecule has 1 aliphatic rings. The molecule has 0 bridgehead atoms. The summed E-state index contributed by atoms with van der Waals surface area (Å²) in [7, 11) is 0. The van der Waals surface area contributed by atoms with Crippen LogP contribution in [0.25, 0.3) is 0 Å². The Bertz CT molecular complexity index is 442. The maximum absolute atomic E-state index is 6.03. The van der Waals surface area contributed by atoms with Gasteiger partial charge in [-0.05, 0) is 26.0 Å². The molecular formula is C16H24Cl2NO3+. The van der Waals surface area contributed by atoms with Gasteiger partial charge in [0, 0.05) is 0 Å². The summed E-state index contributed by atoms with van der Waals surface area (Å²) < 4.78 is 16.9. The first kappa shape index (κ1) is 17.8. The Morgan fingerprint density at radius 1 is 1.09 bits per heavy atom. The molecule has 0 spiro atoms. The second kappa shape index (κ2) is 8.94. The SMILES string of the molecule is C[C@H]1C[NH+](CCOCCOc2c(Cl)cccc2Cl)C[C@H](C)O1. The Morgan fingerprint density at radius 3 is 2.36 bits per heavy atom. The smallest absolute Gasteiger partial charge is 0.156 e. The summed E-state index contributed by atoms with van der Waals surface area (Å²) in [5.74, 6) is 0.524. The summed E-state index contributed by atoms with van der Waals surface area (Å²) >= 11 is 12.1. The number of quaternary nitrogens is 1. The highest BCUT2D eigenvalue weighted by Gasteiger charge is 2.24. The van der Waals surface area contributed by atoms with Crippen molar-refractivity contribution in [1.82, 2.24) is 0 Å². The first-order valence-electron chi connectivity index (χ1n) is 7.70. The minimum atomic E-state index is 0.324. The lowest BCUT2D eigenvalue weighted by molar-refractivity contribution is -0.915. The van der Waals surface area contributed by atoms with Gasteiger partial charge in [0.15, 0.2) is 5.75 Å². The van der Waals surface area contributed by atoms with Crippen LogP contribution < -0.4 is 9.64 Å². The minimum absolute atomic E-state index is 0.324. The zero-order chi connectivity index (χ0) is 15.9. The van der Waals surface area contributed by atoms with Crippen molar-refractivity contribution in [2.24, 2.45) is 0 Å². The Hall–Kier alpha value is -0.520. The fraction of sp³-hybridized carbons (Fsp3) is 0.625. The third-order valence-corrected chi connectivity index (χ3v) is 4.21. The largest absolute Gasteiger partial charge is 0.488 e. The molecule has 1 aromatic carbocycles. The monoisotopic (exact) mass is 348 g/mol. The molecular weight excluding hydrogens is 325 g/mol. The van der Waals surface area contributed by atoms with E-state index < -0.39 is 0 Å². The predicted octanol–water partition coefficient (Wildman–Crippen LogP) is 2.08. The molecule has 1 aliphatic heterocycles. The van der Waals surface area contributed by atoms with Gasteiger partial charge in [-0.1, -0.05) is 29.3 Å². The third-order valence-electron chi connectivity index (χ3n) is 3.61. The van der Waals surface area contributed by atoms with Crippen molar-refractivity contribution in [2.45, 2.75) is 26.1 Å². The average Bonchev–Trinajstić information content (AvgIpc) is 2.44. The number of ether oxygens (including phenoxy) is 3. The van der Waals surface area contributed by atoms with Gasteiger partial charge in [-0.2, -0.15) is 0 Å². The van der Waals surface area contributed by atoms with E-state index in [0.717, 1.165) is 19.6 Å². The van der Waals surface area contributed by atoms with Gasteiger partial charge in [0.25, 0.3) is 0 Å². The molecule has 0 saturated carbocycles. The molecule has 1 N–H and O–H groups in total. The highest BCUT2D eigenvalue weighted by atomic mass is 35.5. The third kappa shape index (κ3) is 5.60. The maximum atomic E-state index is 6.03. The molecule has 4 nitrogen and oxygen atoms in total. The van der Waals surface area contributed by atoms with E-state index in [1.54, 1.807) is 18.2 Å². The van der Waals surface area contributed by atoms with E-state index in [1.807, 2.05) is 0 Å². The Morgan fingerprint density at radius 2 is 1.73 bits per heavy atom. The van der Waals surface area contributed by atoms with Gasteiger partial charge in [-0.25, -0.2) is 0 Å². The van der Waals surface area contributed by atoms with Gasteiger partial charge in [0.1, 0.15) is 38.4 Å². The molecule has 1 saturated heterocycles. The van der Waals surface area contributed by atoms with Crippen molar-refractivity contribution in [1.29, 1.82) is 0 Å². The van der Waals surface area contributed by atoms with E-state index in [0.29, 0.717) is 47.8 Å². The van der Waals surface area contributed by atoms with E-state index in [2.05, 4.69) is 13.8 Å². The molecule has 0 aliphatic carbocycles. The van der Waals surface area contributed by atoms with Crippen LogP contribution in [0.1, 0.15) is 13.8 Å². The van der Waals surface area contributed by atoms with Gasteiger partial charge in [0.2, 0.25) is 0 Å². The summed E-state index contributed by atoms with van der Waals surface area (Å²) in [6.45, 7) is 9.00. The van der Waals surface area contributed by atoms with Crippen LogP contribution in [0.2, 0.25) is 10.0 Å². The number of para-hydroxylation sites is 1. The molecule has 1 fully saturated rings. The number of rotatable bonds is 7. The van der Waals surface area contributed by atoms with E-state index in [4.69, 9.17) is 37.4 Å². The second-order valence-electron chi connectivity index (χ2n) is 5.68. The molecule has 22 heavy (non-hydrogen) atoms. The number of hydrogen-bond acceptors (Lipinski definition) is 3. The Kier molecular flexibility index (Phi) is 7.25. The molecule has 6 heteroatoms. The highest BCUT2D eigenvalue weighted by Crippen LogP contribution is 2.32. The van der Waals surface area contributed by atoms with Gasteiger partial charge in [-0.15, -0.1) is 0 Å². The van der Waals surface area contributed by atoms with Crippen molar-refractivity contribution in [2.75, 3.05) is 39.5 Å². The molecule has 1 aromatic rings. The number of halogens is 2. The zero-order valence-electron chi connectivity index (χ0n) is 13.1. The minimum Gasteiger partial charge on any atom is -0.488 e. The molecule has 0 unspecified atom stereocenters. The quantitative estimate of drug-likeness (QED) is 0.765. The number of nitrogens with one attached hydrogen (secondary N) is 1. The standard InChI is InChI=1S/C16H23Cl2NO3/c1-12-10-19(11-13(2)22-12)6-7-20-8-9-21-16-14(17)4-3-5-15(16)18/h3-5,12-13H,6-11H2,1-2H3/p+1/t12-,13-/m0/s1. The van der Waals surface area contributed by atoms with Crippen molar-refractivity contribution in [3.8, 4) is 5.75 Å². The van der Waals surface area contributed by atoms with Crippen molar-refractivity contribution in [3.63, 3.8) is 0 Å². The average molecular weight is 349 g/mol. The van der Waals surface area contributed by atoms with Crippen molar-refractivity contribution < 1.29 is 19.1 Å². The molecule has 0 radical (unpaired) electrons. The van der Waals surface area contributed by atoms with Crippen molar-refractivity contribution >= 4 is 23.2 Å². The van der Waals surface area contributed by atoms with E-state index in [9.17, 15) is 0 Å². The molecule has 0 aromatic heterocycles. The highest BCUT2D eigenvalue weighted by molar-refractivity contribution is 6.37. The number of hydrogen-bond donors (Lipinski definition) is 1. The lowest BCUT2D eigenvalue weighted by atomic mass is 10.2. The predicted molar refractivity (Wildman–Crippen MR) is 88.3 cm³/mol. The molecule has 2 atom stereocenters. The van der Waals surface area contributed by atoms with Crippen LogP contribution in [-0.4, -0.2) is 51.7 Å². The summed E-state index contributed by atoms with van der Waals surface area (Å²) in [6.07, 6.45) is 0.647. The van der Waals surface area contributed by atoms with Crippen LogP contribution in [-0.2, 0) is 9.47 Å². The Labute approximate surface area is 142 Å². The van der Waals surface area contributed by atoms with Gasteiger partial charge >= 0.3 is 0 Å². The van der Waals surface area contributed by atoms with Crippen LogP contribution >= 0.6 is 23.2 Å². The number of morpholine rings is 1. The fourth-order valence-corrected chi connectivity index (χ4v) is 3.24. The topological polar surface area (TPSA) is 32.1 Å². The van der Waals surface area contributed by atoms with E-state index in [-0.39, 0.29) is 0 Å². The first-order chi connectivity index (χ1) is 10.6. The van der Waals surface area contributed by atoms with Crippen LogP contribution in [0, 0.1) is 0 Å². The summed E-state index contributed by atoms with van der Waals surface area (Å²) in [6, 6.07) is 5.31. The van der Waals surface area contributed by atoms with Crippen LogP contribution in [0.3, 0.4) is 0 Å². The van der Waals surface area contributed by atoms with Gasteiger partial charge in [0.05, 0.1) is 23.3 Å². The Balaban J connectivity index is 1.60. The summed E-state index contributed by atoms with van der Waals surface area (Å²) in [4.78, 5) is 1.53. The lowest BCUT2D eigenvalue weighted by Gasteiger charge is -2.32. The van der Waals surface area contributed by atoms with Gasteiger partial charge in [-0.3, -0.25) is 0 Å². The van der Waals surface area contributed by atoms with E-state index in [1.165, 1.54) is 4.90 Å². The molecule has 2 rings (SSSR count). The maximum Gasteiger partial charge on any atom is 0.156 e. The summed E-state index contributed by atoms with van der Waals surface area (Å²) in [5.41, 5.74) is 0. The second-order valence-corrected chi connectivity index (χ2v) is 6.49. The molecule has 124 valence electrons. The number of benzene rings is 1. The van der Waals surface area contributed by atoms with Crippen LogP contribution in [0.5, 0.6) is 5.75 Å². The fourth-order valence-electron chi connectivity index (χ4n) is 2.73. The summed E-state index contributed by atoms with van der Waals surface area (Å²) in [5, 5.41) is 1.04. The van der Waals surface area contributed by atoms with E-state index >= 15 is 0 Å². The van der Waals surface area contributed by atoms with Crippen LogP contribution in [0.15, 0.2) is 18.2 Å². The first-order valence-corrected chi connectivity index (χ1v) is 8.45. The van der Waals surface area contributed by atoms with Crippen LogP contribution in [0.4, 0.5) is 0 Å². The molecule has 0 amide bonds. The van der Waals surface area contributed by atoms with Crippen molar-refractivity contribution in [3.05, 3.63) is 28.2 Å².